The minimum absolute atomic E-state index is 0.180. The van der Waals surface area contributed by atoms with Crippen LogP contribution in [0.15, 0.2) is 78.9 Å². The van der Waals surface area contributed by atoms with Gasteiger partial charge in [0.2, 0.25) is 0 Å². The lowest BCUT2D eigenvalue weighted by molar-refractivity contribution is 0.0668. The standard InChI is InChI=1S/C28H28FNO2.C2H6.CH4O/c1-20-25-9-5-6-10-26(25)32-28(27(20)22-7-3-2-4-8-22)23-11-13-24(14-12-23)31-16-15-30-18-21(17-29)19-30;2*1-2/h2-14,21,28H,15-19H2,1H3;1-2H3;2H,1H3. The maximum Gasteiger partial charge on any atom is 0.150 e. The predicted molar refractivity (Wildman–Crippen MR) is 146 cm³/mol. The van der Waals surface area contributed by atoms with Gasteiger partial charge in [-0.1, -0.05) is 74.5 Å². The zero-order valence-electron chi connectivity index (χ0n) is 21.8. The van der Waals surface area contributed by atoms with E-state index in [9.17, 15) is 4.39 Å². The fraction of sp³-hybridized carbons (Fsp3) is 0.355. The number of benzene rings is 3. The molecule has 0 aromatic heterocycles. The second-order valence-electron chi connectivity index (χ2n) is 8.60. The number of para-hydroxylation sites is 1. The van der Waals surface area contributed by atoms with Crippen LogP contribution in [-0.4, -0.2) is 50.0 Å². The van der Waals surface area contributed by atoms with Gasteiger partial charge in [-0.3, -0.25) is 9.29 Å². The normalized spacial score (nSPS) is 16.9. The van der Waals surface area contributed by atoms with Gasteiger partial charge in [-0.15, -0.1) is 0 Å². The molecule has 0 spiro atoms. The molecule has 1 unspecified atom stereocenters. The van der Waals surface area contributed by atoms with Crippen molar-refractivity contribution in [2.75, 3.05) is 40.0 Å². The molecular weight excluding hydrogens is 453 g/mol. The smallest absolute Gasteiger partial charge is 0.150 e. The van der Waals surface area contributed by atoms with Crippen molar-refractivity contribution in [3.8, 4) is 11.5 Å². The molecule has 1 saturated heterocycles. The van der Waals surface area contributed by atoms with E-state index >= 15 is 0 Å². The van der Waals surface area contributed by atoms with Crippen molar-refractivity contribution in [3.63, 3.8) is 0 Å². The van der Waals surface area contributed by atoms with Gasteiger partial charge in [0, 0.05) is 43.8 Å². The van der Waals surface area contributed by atoms with Crippen molar-refractivity contribution in [2.24, 2.45) is 5.92 Å². The number of fused-ring (bicyclic) bond motifs is 1. The third kappa shape index (κ3) is 6.34. The van der Waals surface area contributed by atoms with Gasteiger partial charge >= 0.3 is 0 Å². The summed E-state index contributed by atoms with van der Waals surface area (Å²) in [6, 6.07) is 26.9. The number of nitrogens with zero attached hydrogens (tertiary/aromatic N) is 1. The third-order valence-electron chi connectivity index (χ3n) is 6.40. The van der Waals surface area contributed by atoms with E-state index in [2.05, 4.69) is 60.4 Å². The summed E-state index contributed by atoms with van der Waals surface area (Å²) in [7, 11) is 1.00. The highest BCUT2D eigenvalue weighted by atomic mass is 19.1. The fourth-order valence-electron chi connectivity index (χ4n) is 4.62. The van der Waals surface area contributed by atoms with Gasteiger partial charge < -0.3 is 14.6 Å². The summed E-state index contributed by atoms with van der Waals surface area (Å²) in [5.74, 6) is 1.97. The SMILES string of the molecule is CC.CC1=C(c2ccccc2)C(c2ccc(OCCN3CC(CF)C3)cc2)Oc2ccccc21.CO. The summed E-state index contributed by atoms with van der Waals surface area (Å²) < 4.78 is 25.0. The number of rotatable bonds is 7. The van der Waals surface area contributed by atoms with Crippen molar-refractivity contribution in [2.45, 2.75) is 26.9 Å². The maximum absolute atomic E-state index is 12.6. The molecule has 192 valence electrons. The molecule has 5 heteroatoms. The number of aliphatic hydroxyl groups excluding tert-OH is 1. The molecule has 0 bridgehead atoms. The van der Waals surface area contributed by atoms with Crippen molar-refractivity contribution in [3.05, 3.63) is 95.6 Å². The zero-order chi connectivity index (χ0) is 25.9. The first kappa shape index (κ1) is 27.4. The largest absolute Gasteiger partial charge is 0.492 e. The first-order valence-electron chi connectivity index (χ1n) is 12.7. The monoisotopic (exact) mass is 491 g/mol. The predicted octanol–water partition coefficient (Wildman–Crippen LogP) is 6.67. The molecule has 0 amide bonds. The lowest BCUT2D eigenvalue weighted by Crippen LogP contribution is -2.49. The molecule has 1 fully saturated rings. The molecule has 0 aliphatic carbocycles. The number of allylic oxidation sites excluding steroid dienone is 1. The van der Waals surface area contributed by atoms with E-state index in [0.29, 0.717) is 6.61 Å². The Morgan fingerprint density at radius 2 is 1.56 bits per heavy atom. The molecule has 0 saturated carbocycles. The number of alkyl halides is 1. The Morgan fingerprint density at radius 3 is 2.22 bits per heavy atom. The Morgan fingerprint density at radius 1 is 0.917 bits per heavy atom. The summed E-state index contributed by atoms with van der Waals surface area (Å²) >= 11 is 0. The van der Waals surface area contributed by atoms with Crippen molar-refractivity contribution in [1.29, 1.82) is 0 Å². The molecule has 2 heterocycles. The van der Waals surface area contributed by atoms with E-state index in [4.69, 9.17) is 14.6 Å². The van der Waals surface area contributed by atoms with Crippen LogP contribution in [0.5, 0.6) is 11.5 Å². The van der Waals surface area contributed by atoms with Gasteiger partial charge in [0.25, 0.3) is 0 Å². The lowest BCUT2D eigenvalue weighted by Gasteiger charge is -2.37. The van der Waals surface area contributed by atoms with Crippen LogP contribution in [0.1, 0.15) is 43.6 Å². The first-order chi connectivity index (χ1) is 17.7. The Kier molecular flexibility index (Phi) is 10.5. The Labute approximate surface area is 215 Å². The average molecular weight is 492 g/mol. The van der Waals surface area contributed by atoms with E-state index in [-0.39, 0.29) is 18.7 Å². The number of ether oxygens (including phenoxy) is 2. The number of hydrogen-bond donors (Lipinski definition) is 1. The molecule has 4 nitrogen and oxygen atoms in total. The van der Waals surface area contributed by atoms with Crippen LogP contribution in [0.3, 0.4) is 0 Å². The zero-order valence-corrected chi connectivity index (χ0v) is 21.8. The summed E-state index contributed by atoms with van der Waals surface area (Å²) in [5, 5.41) is 7.00. The molecule has 1 N–H and O–H groups in total. The minimum atomic E-state index is -0.217. The van der Waals surface area contributed by atoms with Gasteiger partial charge in [0.15, 0.2) is 0 Å². The second kappa shape index (κ2) is 13.8. The van der Waals surface area contributed by atoms with Crippen LogP contribution < -0.4 is 9.47 Å². The molecule has 5 rings (SSSR count). The summed E-state index contributed by atoms with van der Waals surface area (Å²) in [4.78, 5) is 2.23. The van der Waals surface area contributed by atoms with E-state index in [1.807, 2.05) is 44.2 Å². The van der Waals surface area contributed by atoms with Crippen LogP contribution >= 0.6 is 0 Å². The molecule has 2 aliphatic heterocycles. The Bertz CT molecular complexity index is 1090. The highest BCUT2D eigenvalue weighted by Crippen LogP contribution is 2.46. The molecule has 36 heavy (non-hydrogen) atoms. The van der Waals surface area contributed by atoms with Gasteiger partial charge in [-0.2, -0.15) is 0 Å². The van der Waals surface area contributed by atoms with Crippen molar-refractivity contribution < 1.29 is 19.0 Å². The Balaban J connectivity index is 0.000000861. The second-order valence-corrected chi connectivity index (χ2v) is 8.60. The van der Waals surface area contributed by atoms with E-state index in [1.54, 1.807) is 0 Å². The number of likely N-dealkylation sites (tertiary alicyclic amines) is 1. The quantitative estimate of drug-likeness (QED) is 0.401. The highest BCUT2D eigenvalue weighted by Gasteiger charge is 2.29. The maximum atomic E-state index is 12.6. The van der Waals surface area contributed by atoms with E-state index in [1.165, 1.54) is 16.7 Å². The van der Waals surface area contributed by atoms with E-state index in [0.717, 1.165) is 49.4 Å². The molecule has 2 aliphatic rings. The highest BCUT2D eigenvalue weighted by molar-refractivity contribution is 5.95. The van der Waals surface area contributed by atoms with Gasteiger partial charge in [-0.25, -0.2) is 0 Å². The van der Waals surface area contributed by atoms with Crippen molar-refractivity contribution >= 4 is 11.1 Å². The number of aliphatic hydroxyl groups is 1. The number of halogens is 1. The molecule has 3 aromatic rings. The molecule has 3 aromatic carbocycles. The Hall–Kier alpha value is -3.15. The summed E-state index contributed by atoms with van der Waals surface area (Å²) in [5.41, 5.74) is 5.84. The summed E-state index contributed by atoms with van der Waals surface area (Å²) in [6.07, 6.45) is -0.180. The number of hydrogen-bond acceptors (Lipinski definition) is 4. The molecule has 1 atom stereocenters. The first-order valence-corrected chi connectivity index (χ1v) is 12.7. The van der Waals surface area contributed by atoms with Crippen LogP contribution in [0, 0.1) is 5.92 Å². The average Bonchev–Trinajstić information content (AvgIpc) is 2.93. The van der Waals surface area contributed by atoms with Crippen LogP contribution in [-0.2, 0) is 0 Å². The summed E-state index contributed by atoms with van der Waals surface area (Å²) in [6.45, 7) is 9.09. The van der Waals surface area contributed by atoms with Gasteiger partial charge in [-0.05, 0) is 41.8 Å². The molecular formula is C31H38FNO3. The van der Waals surface area contributed by atoms with Gasteiger partial charge in [0.05, 0.1) is 6.67 Å². The van der Waals surface area contributed by atoms with Crippen LogP contribution in [0.25, 0.3) is 11.1 Å². The third-order valence-corrected chi connectivity index (χ3v) is 6.40. The topological polar surface area (TPSA) is 41.9 Å². The van der Waals surface area contributed by atoms with E-state index < -0.39 is 0 Å². The van der Waals surface area contributed by atoms with Crippen LogP contribution in [0.4, 0.5) is 4.39 Å². The van der Waals surface area contributed by atoms with Crippen LogP contribution in [0.2, 0.25) is 0 Å². The lowest BCUT2D eigenvalue weighted by atomic mass is 9.86. The minimum Gasteiger partial charge on any atom is -0.492 e. The van der Waals surface area contributed by atoms with Gasteiger partial charge in [0.1, 0.15) is 24.2 Å². The fourth-order valence-corrected chi connectivity index (χ4v) is 4.62. The van der Waals surface area contributed by atoms with Crippen molar-refractivity contribution in [1.82, 2.24) is 4.90 Å². The molecule has 0 radical (unpaired) electrons.